The molecule has 1 amide bonds. The minimum Gasteiger partial charge on any atom is -0.341 e. The van der Waals surface area contributed by atoms with Crippen LogP contribution in [-0.4, -0.2) is 60.0 Å². The van der Waals surface area contributed by atoms with E-state index in [1.54, 1.807) is 12.3 Å². The molecule has 0 bridgehead atoms. The minimum absolute atomic E-state index is 0.0662. The first-order chi connectivity index (χ1) is 11.8. The molecule has 0 aromatic carbocycles. The number of likely N-dealkylation sites (tertiary alicyclic amines) is 1. The van der Waals surface area contributed by atoms with Crippen LogP contribution in [0.3, 0.4) is 0 Å². The van der Waals surface area contributed by atoms with Crippen LogP contribution in [0.1, 0.15) is 49.0 Å². The molecule has 6 heteroatoms. The van der Waals surface area contributed by atoms with E-state index in [9.17, 15) is 4.79 Å². The number of nitrogens with one attached hydrogen (secondary N) is 1. The van der Waals surface area contributed by atoms with Gasteiger partial charge < -0.3 is 15.1 Å². The standard InChI is InChI=1S/C18H27N5O/c24-16(22-12-6-18(7-13-22)5-9-19-14-18)15-4-8-20-17(21-15)23-10-2-1-3-11-23/h4,8,19H,1-3,5-7,9-14H2. The van der Waals surface area contributed by atoms with Crippen LogP contribution in [0.2, 0.25) is 0 Å². The molecule has 0 atom stereocenters. The summed E-state index contributed by atoms with van der Waals surface area (Å²) >= 11 is 0. The summed E-state index contributed by atoms with van der Waals surface area (Å²) in [5.41, 5.74) is 0.979. The third kappa shape index (κ3) is 3.11. The Morgan fingerprint density at radius 3 is 2.58 bits per heavy atom. The van der Waals surface area contributed by atoms with Crippen molar-refractivity contribution in [2.75, 3.05) is 44.2 Å². The number of aromatic nitrogens is 2. The Morgan fingerprint density at radius 1 is 1.08 bits per heavy atom. The molecule has 1 aromatic rings. The van der Waals surface area contributed by atoms with E-state index < -0.39 is 0 Å². The summed E-state index contributed by atoms with van der Waals surface area (Å²) < 4.78 is 0. The van der Waals surface area contributed by atoms with E-state index in [1.807, 2.05) is 4.90 Å². The van der Waals surface area contributed by atoms with Crippen molar-refractivity contribution in [3.05, 3.63) is 18.0 Å². The van der Waals surface area contributed by atoms with E-state index in [0.717, 1.165) is 52.1 Å². The van der Waals surface area contributed by atoms with Crippen molar-refractivity contribution in [3.63, 3.8) is 0 Å². The maximum atomic E-state index is 12.8. The lowest BCUT2D eigenvalue weighted by molar-refractivity contribution is 0.0602. The Morgan fingerprint density at radius 2 is 1.88 bits per heavy atom. The summed E-state index contributed by atoms with van der Waals surface area (Å²) in [6.07, 6.45) is 8.84. The molecule has 1 N–H and O–H groups in total. The Labute approximate surface area is 143 Å². The van der Waals surface area contributed by atoms with E-state index >= 15 is 0 Å². The van der Waals surface area contributed by atoms with Crippen LogP contribution in [0.4, 0.5) is 5.95 Å². The maximum Gasteiger partial charge on any atom is 0.272 e. The van der Waals surface area contributed by atoms with Gasteiger partial charge in [-0.1, -0.05) is 0 Å². The first-order valence-electron chi connectivity index (χ1n) is 9.34. The Bertz CT molecular complexity index is 583. The molecule has 0 saturated carbocycles. The first kappa shape index (κ1) is 15.8. The maximum absolute atomic E-state index is 12.8. The van der Waals surface area contributed by atoms with Crippen LogP contribution in [0, 0.1) is 5.41 Å². The summed E-state index contributed by atoms with van der Waals surface area (Å²) in [6.45, 7) is 5.93. The van der Waals surface area contributed by atoms with Gasteiger partial charge in [0.05, 0.1) is 0 Å². The lowest BCUT2D eigenvalue weighted by Crippen LogP contribution is -2.44. The van der Waals surface area contributed by atoms with Gasteiger partial charge in [-0.3, -0.25) is 4.79 Å². The van der Waals surface area contributed by atoms with E-state index in [0.29, 0.717) is 17.1 Å². The second-order valence-electron chi connectivity index (χ2n) is 7.51. The van der Waals surface area contributed by atoms with Crippen LogP contribution in [-0.2, 0) is 0 Å². The van der Waals surface area contributed by atoms with E-state index in [1.165, 1.54) is 25.7 Å². The van der Waals surface area contributed by atoms with Gasteiger partial charge in [-0.15, -0.1) is 0 Å². The van der Waals surface area contributed by atoms with Crippen molar-refractivity contribution in [1.82, 2.24) is 20.2 Å². The van der Waals surface area contributed by atoms with Crippen molar-refractivity contribution in [2.45, 2.75) is 38.5 Å². The molecular formula is C18H27N5O. The number of piperidine rings is 2. The molecule has 3 fully saturated rings. The molecule has 3 aliphatic heterocycles. The highest BCUT2D eigenvalue weighted by molar-refractivity contribution is 5.92. The smallest absolute Gasteiger partial charge is 0.272 e. The molecule has 1 aromatic heterocycles. The number of hydrogen-bond acceptors (Lipinski definition) is 5. The van der Waals surface area contributed by atoms with Crippen molar-refractivity contribution < 1.29 is 4.79 Å². The average molecular weight is 329 g/mol. The average Bonchev–Trinajstić information content (AvgIpc) is 3.11. The van der Waals surface area contributed by atoms with Gasteiger partial charge in [0.25, 0.3) is 5.91 Å². The number of carbonyl (C=O) groups excluding carboxylic acids is 1. The summed E-state index contributed by atoms with van der Waals surface area (Å²) in [5.74, 6) is 0.783. The monoisotopic (exact) mass is 329 g/mol. The fourth-order valence-electron chi connectivity index (χ4n) is 4.28. The van der Waals surface area contributed by atoms with Gasteiger partial charge in [0.1, 0.15) is 5.69 Å². The summed E-state index contributed by atoms with van der Waals surface area (Å²) in [5, 5.41) is 3.47. The molecule has 4 heterocycles. The molecule has 6 nitrogen and oxygen atoms in total. The molecule has 0 radical (unpaired) electrons. The Hall–Kier alpha value is -1.69. The number of amides is 1. The topological polar surface area (TPSA) is 61.4 Å². The first-order valence-corrected chi connectivity index (χ1v) is 9.34. The van der Waals surface area contributed by atoms with Crippen LogP contribution >= 0.6 is 0 Å². The predicted octanol–water partition coefficient (Wildman–Crippen LogP) is 1.68. The second kappa shape index (κ2) is 6.67. The highest BCUT2D eigenvalue weighted by Gasteiger charge is 2.38. The lowest BCUT2D eigenvalue weighted by atomic mass is 9.78. The third-order valence-corrected chi connectivity index (χ3v) is 5.94. The number of rotatable bonds is 2. The fourth-order valence-corrected chi connectivity index (χ4v) is 4.28. The van der Waals surface area contributed by atoms with E-state index in [-0.39, 0.29) is 5.91 Å². The Kier molecular flexibility index (Phi) is 4.39. The predicted molar refractivity (Wildman–Crippen MR) is 93.2 cm³/mol. The van der Waals surface area contributed by atoms with Crippen LogP contribution in [0.5, 0.6) is 0 Å². The van der Waals surface area contributed by atoms with Crippen molar-refractivity contribution >= 4 is 11.9 Å². The molecule has 4 rings (SSSR count). The number of hydrogen-bond donors (Lipinski definition) is 1. The van der Waals surface area contributed by atoms with Gasteiger partial charge in [0.15, 0.2) is 0 Å². The zero-order valence-electron chi connectivity index (χ0n) is 14.3. The quantitative estimate of drug-likeness (QED) is 0.894. The van der Waals surface area contributed by atoms with Crippen LogP contribution < -0.4 is 10.2 Å². The lowest BCUT2D eigenvalue weighted by Gasteiger charge is -2.38. The van der Waals surface area contributed by atoms with Gasteiger partial charge >= 0.3 is 0 Å². The SMILES string of the molecule is O=C(c1ccnc(N2CCCCC2)n1)N1CCC2(CCNC2)CC1. The van der Waals surface area contributed by atoms with Gasteiger partial charge in [-0.25, -0.2) is 9.97 Å². The Balaban J connectivity index is 1.43. The highest BCUT2D eigenvalue weighted by atomic mass is 16.2. The van der Waals surface area contributed by atoms with Gasteiger partial charge in [-0.2, -0.15) is 0 Å². The summed E-state index contributed by atoms with van der Waals surface area (Å²) in [4.78, 5) is 26.0. The summed E-state index contributed by atoms with van der Waals surface area (Å²) in [6, 6.07) is 1.76. The summed E-state index contributed by atoms with van der Waals surface area (Å²) in [7, 11) is 0. The van der Waals surface area contributed by atoms with Crippen LogP contribution in [0.15, 0.2) is 12.3 Å². The number of anilines is 1. The molecule has 0 aliphatic carbocycles. The van der Waals surface area contributed by atoms with Crippen molar-refractivity contribution in [1.29, 1.82) is 0 Å². The van der Waals surface area contributed by atoms with Gasteiger partial charge in [0.2, 0.25) is 5.95 Å². The van der Waals surface area contributed by atoms with Gasteiger partial charge in [0, 0.05) is 38.9 Å². The highest BCUT2D eigenvalue weighted by Crippen LogP contribution is 2.37. The molecule has 1 spiro atoms. The van der Waals surface area contributed by atoms with Crippen LogP contribution in [0.25, 0.3) is 0 Å². The van der Waals surface area contributed by atoms with Crippen molar-refractivity contribution in [2.24, 2.45) is 5.41 Å². The molecule has 3 saturated heterocycles. The number of carbonyl (C=O) groups is 1. The van der Waals surface area contributed by atoms with E-state index in [4.69, 9.17) is 0 Å². The normalized spacial score (nSPS) is 23.7. The molecular weight excluding hydrogens is 302 g/mol. The minimum atomic E-state index is 0.0662. The molecule has 3 aliphatic rings. The van der Waals surface area contributed by atoms with Gasteiger partial charge in [-0.05, 0) is 56.6 Å². The zero-order valence-corrected chi connectivity index (χ0v) is 14.3. The molecule has 24 heavy (non-hydrogen) atoms. The second-order valence-corrected chi connectivity index (χ2v) is 7.51. The third-order valence-electron chi connectivity index (χ3n) is 5.94. The largest absolute Gasteiger partial charge is 0.341 e. The zero-order chi connectivity index (χ0) is 16.4. The van der Waals surface area contributed by atoms with Crippen molar-refractivity contribution in [3.8, 4) is 0 Å². The van der Waals surface area contributed by atoms with E-state index in [2.05, 4.69) is 20.2 Å². The molecule has 130 valence electrons. The molecule has 0 unspecified atom stereocenters. The fraction of sp³-hybridized carbons (Fsp3) is 0.722. The number of nitrogens with zero attached hydrogens (tertiary/aromatic N) is 4.